The van der Waals surface area contributed by atoms with E-state index in [1.165, 1.54) is 0 Å². The molecule has 0 saturated heterocycles. The number of carbonyl (C=O) groups is 1. The Labute approximate surface area is 88.9 Å². The van der Waals surface area contributed by atoms with Crippen molar-refractivity contribution >= 4 is 11.8 Å². The largest absolute Gasteiger partial charge is 0.444 e. The summed E-state index contributed by atoms with van der Waals surface area (Å²) in [5.74, 6) is 0. The van der Waals surface area contributed by atoms with Crippen LogP contribution in [-0.2, 0) is 4.74 Å². The molecule has 0 radical (unpaired) electrons. The number of nitrogens with one attached hydrogen (secondary N) is 1. The number of ether oxygens (including phenoxy) is 1. The number of benzene rings is 1. The van der Waals surface area contributed by atoms with Crippen LogP contribution in [0.2, 0.25) is 0 Å². The van der Waals surface area contributed by atoms with Gasteiger partial charge in [-0.15, -0.1) is 0 Å². The Kier molecular flexibility index (Phi) is 4.12. The fraction of sp³-hybridized carbons (Fsp3) is 0.364. The van der Waals surface area contributed by atoms with Gasteiger partial charge in [0.15, 0.2) is 0 Å². The van der Waals surface area contributed by atoms with Gasteiger partial charge in [-0.1, -0.05) is 18.2 Å². The van der Waals surface area contributed by atoms with Gasteiger partial charge in [0.2, 0.25) is 0 Å². The van der Waals surface area contributed by atoms with E-state index in [0.29, 0.717) is 5.69 Å². The molecular formula is C11H15NO3. The third-order valence-electron chi connectivity index (χ3n) is 1.99. The minimum absolute atomic E-state index is 0.520. The summed E-state index contributed by atoms with van der Waals surface area (Å²) >= 11 is 0. The molecular weight excluding hydrogens is 194 g/mol. The first kappa shape index (κ1) is 11.5. The molecule has 0 bridgehead atoms. The van der Waals surface area contributed by atoms with Crippen LogP contribution in [0.1, 0.15) is 13.8 Å². The van der Waals surface area contributed by atoms with Crippen molar-refractivity contribution in [3.8, 4) is 0 Å². The van der Waals surface area contributed by atoms with E-state index in [9.17, 15) is 4.79 Å². The molecule has 0 aromatic heterocycles. The average Bonchev–Trinajstić information content (AvgIpc) is 2.18. The van der Waals surface area contributed by atoms with Crippen LogP contribution in [0.15, 0.2) is 30.3 Å². The van der Waals surface area contributed by atoms with Gasteiger partial charge in [0.1, 0.15) is 6.10 Å². The summed E-state index contributed by atoms with van der Waals surface area (Å²) in [6.45, 7) is 3.20. The first-order chi connectivity index (χ1) is 7.09. The molecule has 1 rings (SSSR count). The van der Waals surface area contributed by atoms with Crippen LogP contribution in [0.5, 0.6) is 0 Å². The highest BCUT2D eigenvalue weighted by Crippen LogP contribution is 2.07. The van der Waals surface area contributed by atoms with Crippen LogP contribution in [-0.4, -0.2) is 23.4 Å². The summed E-state index contributed by atoms with van der Waals surface area (Å²) in [4.78, 5) is 11.3. The first-order valence-corrected chi connectivity index (χ1v) is 4.80. The second kappa shape index (κ2) is 5.36. The molecule has 0 aliphatic heterocycles. The van der Waals surface area contributed by atoms with E-state index in [0.717, 1.165) is 0 Å². The number of para-hydroxylation sites is 1. The number of carbonyl (C=O) groups excluding carboxylic acids is 1. The maximum absolute atomic E-state index is 11.3. The molecule has 4 nitrogen and oxygen atoms in total. The van der Waals surface area contributed by atoms with E-state index in [2.05, 4.69) is 5.32 Å². The van der Waals surface area contributed by atoms with Gasteiger partial charge in [0.25, 0.3) is 0 Å². The normalized spacial score (nSPS) is 14.1. The maximum atomic E-state index is 11.3. The van der Waals surface area contributed by atoms with Gasteiger partial charge < -0.3 is 9.84 Å². The molecule has 2 N–H and O–H groups in total. The summed E-state index contributed by atoms with van der Waals surface area (Å²) in [5, 5.41) is 11.7. The van der Waals surface area contributed by atoms with Crippen molar-refractivity contribution in [3.05, 3.63) is 30.3 Å². The topological polar surface area (TPSA) is 58.6 Å². The first-order valence-electron chi connectivity index (χ1n) is 4.80. The average molecular weight is 209 g/mol. The number of hydrogen-bond acceptors (Lipinski definition) is 3. The van der Waals surface area contributed by atoms with Crippen LogP contribution in [0.3, 0.4) is 0 Å². The zero-order chi connectivity index (χ0) is 11.3. The minimum Gasteiger partial charge on any atom is -0.444 e. The number of anilines is 1. The van der Waals surface area contributed by atoms with Gasteiger partial charge in [0, 0.05) is 5.69 Å². The molecule has 2 atom stereocenters. The molecule has 0 aliphatic rings. The summed E-state index contributed by atoms with van der Waals surface area (Å²) in [6.07, 6.45) is -1.75. The van der Waals surface area contributed by atoms with Gasteiger partial charge in [0.05, 0.1) is 6.10 Å². The van der Waals surface area contributed by atoms with E-state index in [-0.39, 0.29) is 0 Å². The second-order valence-corrected chi connectivity index (χ2v) is 3.34. The van der Waals surface area contributed by atoms with Crippen LogP contribution in [0.4, 0.5) is 10.5 Å². The van der Waals surface area contributed by atoms with Gasteiger partial charge in [-0.2, -0.15) is 0 Å². The lowest BCUT2D eigenvalue weighted by Gasteiger charge is -2.15. The van der Waals surface area contributed by atoms with Gasteiger partial charge in [-0.3, -0.25) is 5.32 Å². The number of aliphatic hydroxyl groups is 1. The molecule has 0 heterocycles. The van der Waals surface area contributed by atoms with Crippen LogP contribution < -0.4 is 5.32 Å². The summed E-state index contributed by atoms with van der Waals surface area (Å²) < 4.78 is 4.92. The van der Waals surface area contributed by atoms with Crippen molar-refractivity contribution in [3.63, 3.8) is 0 Å². The minimum atomic E-state index is -0.675. The Hall–Kier alpha value is -1.55. The summed E-state index contributed by atoms with van der Waals surface area (Å²) in [7, 11) is 0. The molecule has 1 aromatic carbocycles. The smallest absolute Gasteiger partial charge is 0.411 e. The Balaban J connectivity index is 2.43. The Morgan fingerprint density at radius 1 is 1.33 bits per heavy atom. The maximum Gasteiger partial charge on any atom is 0.411 e. The fourth-order valence-electron chi connectivity index (χ4n) is 0.936. The van der Waals surface area contributed by atoms with Crippen molar-refractivity contribution in [2.45, 2.75) is 26.1 Å². The van der Waals surface area contributed by atoms with Crippen LogP contribution in [0, 0.1) is 0 Å². The molecule has 0 fully saturated rings. The number of amides is 1. The molecule has 0 aliphatic carbocycles. The lowest BCUT2D eigenvalue weighted by molar-refractivity contribution is 0.0288. The predicted molar refractivity (Wildman–Crippen MR) is 57.7 cm³/mol. The van der Waals surface area contributed by atoms with E-state index < -0.39 is 18.3 Å². The zero-order valence-corrected chi connectivity index (χ0v) is 8.81. The SMILES string of the molecule is C[C@H](O)[C@@H](C)OC(=O)Nc1ccccc1. The molecule has 15 heavy (non-hydrogen) atoms. The predicted octanol–water partition coefficient (Wildman–Crippen LogP) is 2.00. The second-order valence-electron chi connectivity index (χ2n) is 3.34. The van der Waals surface area contributed by atoms with Gasteiger partial charge in [-0.25, -0.2) is 4.79 Å². The van der Waals surface area contributed by atoms with Crippen molar-refractivity contribution in [2.24, 2.45) is 0 Å². The highest BCUT2D eigenvalue weighted by atomic mass is 16.6. The van der Waals surface area contributed by atoms with Gasteiger partial charge >= 0.3 is 6.09 Å². The fourth-order valence-corrected chi connectivity index (χ4v) is 0.936. The van der Waals surface area contributed by atoms with Crippen LogP contribution >= 0.6 is 0 Å². The number of rotatable bonds is 3. The molecule has 0 spiro atoms. The molecule has 4 heteroatoms. The lowest BCUT2D eigenvalue weighted by atomic mass is 10.3. The molecule has 0 saturated carbocycles. The Morgan fingerprint density at radius 3 is 2.47 bits per heavy atom. The molecule has 82 valence electrons. The van der Waals surface area contributed by atoms with Crippen LogP contribution in [0.25, 0.3) is 0 Å². The summed E-state index contributed by atoms with van der Waals surface area (Å²) in [6, 6.07) is 9.00. The summed E-state index contributed by atoms with van der Waals surface area (Å²) in [5.41, 5.74) is 0.667. The zero-order valence-electron chi connectivity index (χ0n) is 8.81. The van der Waals surface area contributed by atoms with E-state index in [1.54, 1.807) is 26.0 Å². The lowest BCUT2D eigenvalue weighted by Crippen LogP contribution is -2.28. The van der Waals surface area contributed by atoms with Crippen molar-refractivity contribution in [1.82, 2.24) is 0 Å². The molecule has 1 amide bonds. The van der Waals surface area contributed by atoms with Crippen molar-refractivity contribution in [2.75, 3.05) is 5.32 Å². The Morgan fingerprint density at radius 2 is 1.93 bits per heavy atom. The standard InChI is InChI=1S/C11H15NO3/c1-8(13)9(2)15-11(14)12-10-6-4-3-5-7-10/h3-9,13H,1-2H3,(H,12,14)/t8-,9+/m0/s1. The highest BCUT2D eigenvalue weighted by Gasteiger charge is 2.13. The quantitative estimate of drug-likeness (QED) is 0.800. The monoisotopic (exact) mass is 209 g/mol. The third kappa shape index (κ3) is 3.99. The molecule has 0 unspecified atom stereocenters. The van der Waals surface area contributed by atoms with Crippen molar-refractivity contribution in [1.29, 1.82) is 0 Å². The van der Waals surface area contributed by atoms with E-state index in [4.69, 9.17) is 9.84 Å². The van der Waals surface area contributed by atoms with E-state index in [1.807, 2.05) is 18.2 Å². The number of aliphatic hydroxyl groups excluding tert-OH is 1. The van der Waals surface area contributed by atoms with E-state index >= 15 is 0 Å². The van der Waals surface area contributed by atoms with Crippen molar-refractivity contribution < 1.29 is 14.6 Å². The Bertz CT molecular complexity index is 311. The number of hydrogen-bond donors (Lipinski definition) is 2. The molecule has 1 aromatic rings. The third-order valence-corrected chi connectivity index (χ3v) is 1.99. The highest BCUT2D eigenvalue weighted by molar-refractivity contribution is 5.84. The van der Waals surface area contributed by atoms with Gasteiger partial charge in [-0.05, 0) is 26.0 Å².